The van der Waals surface area contributed by atoms with Crippen molar-refractivity contribution >= 4 is 29.1 Å². The number of ether oxygens (including phenoxy) is 2. The molecule has 2 aromatic rings. The Kier molecular flexibility index (Phi) is 4.14. The normalized spacial score (nSPS) is 12.8. The van der Waals surface area contributed by atoms with Crippen molar-refractivity contribution in [1.29, 1.82) is 0 Å². The van der Waals surface area contributed by atoms with Crippen LogP contribution in [0, 0.1) is 0 Å². The molecule has 3 rings (SSSR count). The monoisotopic (exact) mass is 340 g/mol. The van der Waals surface area contributed by atoms with Crippen LogP contribution in [0.15, 0.2) is 36.4 Å². The molecule has 1 N–H and O–H groups in total. The lowest BCUT2D eigenvalue weighted by Gasteiger charge is -2.14. The van der Waals surface area contributed by atoms with Gasteiger partial charge < -0.3 is 14.8 Å². The fourth-order valence-electron chi connectivity index (χ4n) is 2.77. The molecule has 0 unspecified atom stereocenters. The molecule has 7 nitrogen and oxygen atoms in total. The second-order valence-corrected chi connectivity index (χ2v) is 5.40. The Labute approximate surface area is 144 Å². The van der Waals surface area contributed by atoms with Crippen LogP contribution in [0.1, 0.15) is 27.6 Å². The van der Waals surface area contributed by atoms with Crippen molar-refractivity contribution in [3.8, 4) is 11.5 Å². The zero-order valence-corrected chi connectivity index (χ0v) is 14.0. The van der Waals surface area contributed by atoms with E-state index in [4.69, 9.17) is 9.47 Å². The summed E-state index contributed by atoms with van der Waals surface area (Å²) in [5.41, 5.74) is 1.42. The molecule has 25 heavy (non-hydrogen) atoms. The van der Waals surface area contributed by atoms with Gasteiger partial charge in [0, 0.05) is 12.6 Å². The van der Waals surface area contributed by atoms with E-state index in [0.29, 0.717) is 17.1 Å². The van der Waals surface area contributed by atoms with Crippen molar-refractivity contribution in [3.05, 3.63) is 47.5 Å². The van der Waals surface area contributed by atoms with Crippen LogP contribution in [0.2, 0.25) is 0 Å². The van der Waals surface area contributed by atoms with Gasteiger partial charge in [0.1, 0.15) is 0 Å². The van der Waals surface area contributed by atoms with Gasteiger partial charge in [0.05, 0.1) is 31.0 Å². The van der Waals surface area contributed by atoms with Crippen LogP contribution in [0.4, 0.5) is 11.4 Å². The van der Waals surface area contributed by atoms with Gasteiger partial charge >= 0.3 is 0 Å². The van der Waals surface area contributed by atoms with E-state index in [9.17, 15) is 14.4 Å². The molecule has 0 aromatic heterocycles. The standard InChI is InChI=1S/C18H16N2O5/c1-10(21)19-11-4-6-12(7-5-11)20-17(22)13-8-9-14(24-2)16(25-3)15(13)18(20)23/h4-9H,1-3H3,(H,19,21). The SMILES string of the molecule is COc1ccc2c(c1OC)C(=O)N(c1ccc(NC(C)=O)cc1)C2=O. The number of hydrogen-bond donors (Lipinski definition) is 1. The van der Waals surface area contributed by atoms with Crippen LogP contribution in [0.5, 0.6) is 11.5 Å². The van der Waals surface area contributed by atoms with Gasteiger partial charge in [-0.3, -0.25) is 14.4 Å². The van der Waals surface area contributed by atoms with Crippen LogP contribution >= 0.6 is 0 Å². The highest BCUT2D eigenvalue weighted by Gasteiger charge is 2.40. The second kappa shape index (κ2) is 6.27. The van der Waals surface area contributed by atoms with Crippen LogP contribution < -0.4 is 19.7 Å². The third-order valence-electron chi connectivity index (χ3n) is 3.84. The van der Waals surface area contributed by atoms with Crippen LogP contribution in [0.3, 0.4) is 0 Å². The maximum Gasteiger partial charge on any atom is 0.270 e. The summed E-state index contributed by atoms with van der Waals surface area (Å²) in [5, 5.41) is 2.63. The molecule has 0 atom stereocenters. The fourth-order valence-corrected chi connectivity index (χ4v) is 2.77. The molecule has 0 spiro atoms. The number of hydrogen-bond acceptors (Lipinski definition) is 5. The molecule has 0 fully saturated rings. The van der Waals surface area contributed by atoms with Crippen molar-refractivity contribution in [1.82, 2.24) is 0 Å². The van der Waals surface area contributed by atoms with Crippen LogP contribution in [-0.4, -0.2) is 31.9 Å². The van der Waals surface area contributed by atoms with Crippen molar-refractivity contribution in [3.63, 3.8) is 0 Å². The Morgan fingerprint density at radius 1 is 0.960 bits per heavy atom. The smallest absolute Gasteiger partial charge is 0.270 e. The Bertz CT molecular complexity index is 874. The average molecular weight is 340 g/mol. The molecule has 1 heterocycles. The van der Waals surface area contributed by atoms with Crippen molar-refractivity contribution in [2.45, 2.75) is 6.92 Å². The van der Waals surface area contributed by atoms with E-state index in [0.717, 1.165) is 4.90 Å². The van der Waals surface area contributed by atoms with E-state index >= 15 is 0 Å². The number of nitrogens with zero attached hydrogens (tertiary/aromatic N) is 1. The van der Waals surface area contributed by atoms with Gasteiger partial charge in [0.15, 0.2) is 11.5 Å². The third kappa shape index (κ3) is 2.69. The number of carbonyl (C=O) groups is 3. The number of amides is 3. The summed E-state index contributed by atoms with van der Waals surface area (Å²) in [5.74, 6) is -0.512. The van der Waals surface area contributed by atoms with Crippen LogP contribution in [-0.2, 0) is 4.79 Å². The Balaban J connectivity index is 2.01. The average Bonchev–Trinajstić information content (AvgIpc) is 2.85. The molecule has 0 aliphatic carbocycles. The molecule has 128 valence electrons. The highest BCUT2D eigenvalue weighted by molar-refractivity contribution is 6.35. The molecule has 1 aliphatic rings. The van der Waals surface area contributed by atoms with Gasteiger partial charge in [-0.05, 0) is 36.4 Å². The highest BCUT2D eigenvalue weighted by Crippen LogP contribution is 2.39. The maximum absolute atomic E-state index is 12.8. The molecule has 0 saturated heterocycles. The Morgan fingerprint density at radius 3 is 2.20 bits per heavy atom. The number of imide groups is 1. The summed E-state index contributed by atoms with van der Waals surface area (Å²) in [6.07, 6.45) is 0. The minimum Gasteiger partial charge on any atom is -0.493 e. The number of rotatable bonds is 4. The molecule has 7 heteroatoms. The Morgan fingerprint density at radius 2 is 1.64 bits per heavy atom. The van der Waals surface area contributed by atoms with E-state index in [1.165, 1.54) is 21.1 Å². The molecule has 0 radical (unpaired) electrons. The number of methoxy groups -OCH3 is 2. The van der Waals surface area contributed by atoms with E-state index < -0.39 is 11.8 Å². The number of benzene rings is 2. The van der Waals surface area contributed by atoms with Crippen molar-refractivity contribution in [2.24, 2.45) is 0 Å². The van der Waals surface area contributed by atoms with E-state index in [1.807, 2.05) is 0 Å². The molecular weight excluding hydrogens is 324 g/mol. The molecule has 0 saturated carbocycles. The van der Waals surface area contributed by atoms with E-state index in [2.05, 4.69) is 5.32 Å². The fraction of sp³-hybridized carbons (Fsp3) is 0.167. The topological polar surface area (TPSA) is 84.9 Å². The summed E-state index contributed by atoms with van der Waals surface area (Å²) in [4.78, 5) is 37.7. The van der Waals surface area contributed by atoms with Crippen LogP contribution in [0.25, 0.3) is 0 Å². The van der Waals surface area contributed by atoms with Gasteiger partial charge in [0.25, 0.3) is 11.8 Å². The molecule has 1 aliphatic heterocycles. The van der Waals surface area contributed by atoms with Gasteiger partial charge in [-0.1, -0.05) is 0 Å². The number of carbonyl (C=O) groups excluding carboxylic acids is 3. The zero-order chi connectivity index (χ0) is 18.1. The zero-order valence-electron chi connectivity index (χ0n) is 14.0. The first kappa shape index (κ1) is 16.5. The summed E-state index contributed by atoms with van der Waals surface area (Å²) >= 11 is 0. The third-order valence-corrected chi connectivity index (χ3v) is 3.84. The number of anilines is 2. The predicted octanol–water partition coefficient (Wildman–Crippen LogP) is 2.46. The molecule has 3 amide bonds. The summed E-state index contributed by atoms with van der Waals surface area (Å²) in [7, 11) is 2.88. The van der Waals surface area contributed by atoms with Gasteiger partial charge in [-0.15, -0.1) is 0 Å². The largest absolute Gasteiger partial charge is 0.493 e. The molecule has 0 bridgehead atoms. The van der Waals surface area contributed by atoms with E-state index in [-0.39, 0.29) is 22.8 Å². The van der Waals surface area contributed by atoms with Crippen molar-refractivity contribution in [2.75, 3.05) is 24.4 Å². The van der Waals surface area contributed by atoms with Gasteiger partial charge in [-0.25, -0.2) is 4.90 Å². The predicted molar refractivity (Wildman–Crippen MR) is 91.4 cm³/mol. The summed E-state index contributed by atoms with van der Waals surface area (Å²) in [6.45, 7) is 1.40. The van der Waals surface area contributed by atoms with Crippen molar-refractivity contribution < 1.29 is 23.9 Å². The molecular formula is C18H16N2O5. The first-order valence-electron chi connectivity index (χ1n) is 7.49. The number of nitrogens with one attached hydrogen (secondary N) is 1. The lowest BCUT2D eigenvalue weighted by molar-refractivity contribution is -0.114. The maximum atomic E-state index is 12.8. The minimum absolute atomic E-state index is 0.179. The number of fused-ring (bicyclic) bond motifs is 1. The van der Waals surface area contributed by atoms with Gasteiger partial charge in [-0.2, -0.15) is 0 Å². The quantitative estimate of drug-likeness (QED) is 0.864. The second-order valence-electron chi connectivity index (χ2n) is 5.40. The Hall–Kier alpha value is -3.35. The summed E-state index contributed by atoms with van der Waals surface area (Å²) < 4.78 is 10.5. The first-order chi connectivity index (χ1) is 12.0. The first-order valence-corrected chi connectivity index (χ1v) is 7.49. The lowest BCUT2D eigenvalue weighted by atomic mass is 10.1. The van der Waals surface area contributed by atoms with E-state index in [1.54, 1.807) is 36.4 Å². The van der Waals surface area contributed by atoms with Gasteiger partial charge in [0.2, 0.25) is 5.91 Å². The molecule has 2 aromatic carbocycles. The highest BCUT2D eigenvalue weighted by atomic mass is 16.5. The summed E-state index contributed by atoms with van der Waals surface area (Å²) in [6, 6.07) is 9.57. The lowest BCUT2D eigenvalue weighted by Crippen LogP contribution is -2.29. The minimum atomic E-state index is -0.483.